The van der Waals surface area contributed by atoms with E-state index < -0.39 is 22.6 Å². The maximum absolute atomic E-state index is 13.8. The summed E-state index contributed by atoms with van der Waals surface area (Å²) >= 11 is 1.65. The number of rotatable bonds is 7. The Hall–Kier alpha value is -2.84. The average Bonchev–Trinajstić information content (AvgIpc) is 3.48. The molecule has 0 saturated carbocycles. The Morgan fingerprint density at radius 3 is 2.63 bits per heavy atom. The summed E-state index contributed by atoms with van der Waals surface area (Å²) in [5.41, 5.74) is 3.43. The molecule has 3 aliphatic heterocycles. The standard InChI is InChI=1S/C27H31N3O4S/c1-16-9-10-17(2)19(15-16)29-25(33)23-27-12-11-20(35-27)21(22(27)26(34)30(23)13-6-14-31)24(32)28-18-7-4-3-5-8-18/h3-5,7-10,15,20-23,31H,6,11-14H2,1-2H3,(H,28,32)(H,29,33)/t20-,21+,22-,23?,27?/m0/s1. The fraction of sp³-hybridized carbons (Fsp3) is 0.444. The number of likely N-dealkylation sites (tertiary alicyclic amines) is 1. The van der Waals surface area contributed by atoms with Crippen molar-refractivity contribution in [2.75, 3.05) is 23.8 Å². The van der Waals surface area contributed by atoms with Crippen LogP contribution in [0.3, 0.4) is 0 Å². The van der Waals surface area contributed by atoms with Gasteiger partial charge in [-0.1, -0.05) is 30.3 Å². The molecule has 3 N–H and O–H groups in total. The molecule has 3 amide bonds. The number of carbonyl (C=O) groups is 3. The Morgan fingerprint density at radius 1 is 1.11 bits per heavy atom. The molecule has 0 aliphatic carbocycles. The Morgan fingerprint density at radius 2 is 1.89 bits per heavy atom. The number of hydrogen-bond acceptors (Lipinski definition) is 5. The van der Waals surface area contributed by atoms with Crippen LogP contribution in [-0.2, 0) is 14.4 Å². The van der Waals surface area contributed by atoms with Crippen molar-refractivity contribution >= 4 is 40.9 Å². The van der Waals surface area contributed by atoms with Gasteiger partial charge in [-0.05, 0) is 62.4 Å². The summed E-state index contributed by atoms with van der Waals surface area (Å²) in [6.07, 6.45) is 1.90. The summed E-state index contributed by atoms with van der Waals surface area (Å²) in [5.74, 6) is -1.57. The van der Waals surface area contributed by atoms with Crippen molar-refractivity contribution < 1.29 is 19.5 Å². The minimum Gasteiger partial charge on any atom is -0.396 e. The molecule has 3 fully saturated rings. The highest BCUT2D eigenvalue weighted by Crippen LogP contribution is 2.66. The van der Waals surface area contributed by atoms with Crippen LogP contribution in [0.1, 0.15) is 30.4 Å². The van der Waals surface area contributed by atoms with Crippen LogP contribution in [0.15, 0.2) is 48.5 Å². The number of para-hydroxylation sites is 1. The molecular formula is C27H31N3O4S. The largest absolute Gasteiger partial charge is 0.396 e. The molecule has 5 rings (SSSR count). The maximum Gasteiger partial charge on any atom is 0.248 e. The van der Waals surface area contributed by atoms with E-state index in [-0.39, 0.29) is 36.1 Å². The summed E-state index contributed by atoms with van der Waals surface area (Å²) in [7, 11) is 0. The molecule has 3 saturated heterocycles. The van der Waals surface area contributed by atoms with Crippen molar-refractivity contribution in [2.24, 2.45) is 11.8 Å². The summed E-state index contributed by atoms with van der Waals surface area (Å²) in [6, 6.07) is 14.5. The second-order valence-corrected chi connectivity index (χ2v) is 11.4. The number of aliphatic hydroxyl groups excluding tert-OH is 1. The normalized spacial score (nSPS) is 28.8. The third kappa shape index (κ3) is 4.02. The number of thioether (sulfide) groups is 1. The zero-order valence-electron chi connectivity index (χ0n) is 20.0. The van der Waals surface area contributed by atoms with Gasteiger partial charge in [0.2, 0.25) is 17.7 Å². The first kappa shape index (κ1) is 23.9. The Bertz CT molecular complexity index is 1160. The number of nitrogens with zero attached hydrogens (tertiary/aromatic N) is 1. The van der Waals surface area contributed by atoms with Crippen molar-refractivity contribution in [3.05, 3.63) is 59.7 Å². The Kier molecular flexibility index (Phi) is 6.36. The van der Waals surface area contributed by atoms with E-state index in [1.165, 1.54) is 0 Å². The Labute approximate surface area is 209 Å². The predicted molar refractivity (Wildman–Crippen MR) is 137 cm³/mol. The smallest absolute Gasteiger partial charge is 0.248 e. The van der Waals surface area contributed by atoms with Gasteiger partial charge in [0, 0.05) is 29.8 Å². The predicted octanol–water partition coefficient (Wildman–Crippen LogP) is 3.35. The summed E-state index contributed by atoms with van der Waals surface area (Å²) < 4.78 is -0.641. The van der Waals surface area contributed by atoms with Gasteiger partial charge in [0.05, 0.1) is 16.6 Å². The van der Waals surface area contributed by atoms with E-state index in [1.54, 1.807) is 16.7 Å². The van der Waals surface area contributed by atoms with Crippen LogP contribution in [-0.4, -0.2) is 56.9 Å². The highest BCUT2D eigenvalue weighted by molar-refractivity contribution is 8.02. The van der Waals surface area contributed by atoms with Gasteiger partial charge < -0.3 is 20.6 Å². The molecule has 2 bridgehead atoms. The SMILES string of the molecule is Cc1ccc(C)c(NC(=O)C2N(CCCO)C(=O)[C@@H]3[C@H](C(=O)Nc4ccccc4)[C@@H]4CCC23S4)c1. The van der Waals surface area contributed by atoms with Crippen LogP contribution < -0.4 is 10.6 Å². The number of anilines is 2. The number of aliphatic hydroxyl groups is 1. The van der Waals surface area contributed by atoms with Crippen molar-refractivity contribution in [1.82, 2.24) is 4.90 Å². The first-order chi connectivity index (χ1) is 16.9. The van der Waals surface area contributed by atoms with Gasteiger partial charge in [0.1, 0.15) is 6.04 Å². The highest BCUT2D eigenvalue weighted by Gasteiger charge is 2.73. The number of hydrogen-bond donors (Lipinski definition) is 3. The zero-order chi connectivity index (χ0) is 24.7. The van der Waals surface area contributed by atoms with E-state index in [9.17, 15) is 19.5 Å². The van der Waals surface area contributed by atoms with E-state index in [1.807, 2.05) is 62.4 Å². The molecule has 8 heteroatoms. The number of carbonyl (C=O) groups excluding carboxylic acids is 3. The van der Waals surface area contributed by atoms with Crippen molar-refractivity contribution in [3.63, 3.8) is 0 Å². The van der Waals surface area contributed by atoms with E-state index in [4.69, 9.17) is 0 Å². The minimum atomic E-state index is -0.684. The lowest BCUT2D eigenvalue weighted by Gasteiger charge is -2.34. The van der Waals surface area contributed by atoms with Gasteiger partial charge in [-0.25, -0.2) is 0 Å². The lowest BCUT2D eigenvalue weighted by Crippen LogP contribution is -2.51. The number of benzene rings is 2. The van der Waals surface area contributed by atoms with Crippen LogP contribution in [0.5, 0.6) is 0 Å². The first-order valence-corrected chi connectivity index (χ1v) is 13.1. The molecule has 7 nitrogen and oxygen atoms in total. The lowest BCUT2D eigenvalue weighted by molar-refractivity contribution is -0.138. The molecule has 2 aromatic carbocycles. The average molecular weight is 494 g/mol. The zero-order valence-corrected chi connectivity index (χ0v) is 20.8. The number of fused-ring (bicyclic) bond motifs is 1. The summed E-state index contributed by atoms with van der Waals surface area (Å²) in [6.45, 7) is 4.14. The van der Waals surface area contributed by atoms with Gasteiger partial charge in [0.15, 0.2) is 0 Å². The van der Waals surface area contributed by atoms with Crippen LogP contribution in [0.2, 0.25) is 0 Å². The number of amides is 3. The van der Waals surface area contributed by atoms with Gasteiger partial charge in [0.25, 0.3) is 0 Å². The molecule has 184 valence electrons. The molecular weight excluding hydrogens is 462 g/mol. The van der Waals surface area contributed by atoms with E-state index in [0.29, 0.717) is 18.5 Å². The molecule has 5 atom stereocenters. The maximum atomic E-state index is 13.8. The molecule has 2 unspecified atom stereocenters. The monoisotopic (exact) mass is 493 g/mol. The van der Waals surface area contributed by atoms with Crippen molar-refractivity contribution in [3.8, 4) is 0 Å². The van der Waals surface area contributed by atoms with Crippen molar-refractivity contribution in [2.45, 2.75) is 49.1 Å². The highest BCUT2D eigenvalue weighted by atomic mass is 32.2. The third-order valence-electron chi connectivity index (χ3n) is 7.60. The molecule has 35 heavy (non-hydrogen) atoms. The number of nitrogens with one attached hydrogen (secondary N) is 2. The van der Waals surface area contributed by atoms with Gasteiger partial charge in [-0.2, -0.15) is 0 Å². The minimum absolute atomic E-state index is 0.00339. The van der Waals surface area contributed by atoms with E-state index in [0.717, 1.165) is 23.2 Å². The Balaban J connectivity index is 1.47. The van der Waals surface area contributed by atoms with Crippen molar-refractivity contribution in [1.29, 1.82) is 0 Å². The quantitative estimate of drug-likeness (QED) is 0.550. The number of aryl methyl sites for hydroxylation is 2. The van der Waals surface area contributed by atoms with Gasteiger partial charge in [-0.15, -0.1) is 11.8 Å². The van der Waals surface area contributed by atoms with Gasteiger partial charge >= 0.3 is 0 Å². The fourth-order valence-corrected chi connectivity index (χ4v) is 8.27. The second kappa shape index (κ2) is 9.32. The molecule has 2 aromatic rings. The van der Waals surface area contributed by atoms with Crippen LogP contribution in [0, 0.1) is 25.7 Å². The first-order valence-electron chi connectivity index (χ1n) is 12.2. The summed E-state index contributed by atoms with van der Waals surface area (Å²) in [5, 5.41) is 15.5. The fourth-order valence-electron chi connectivity index (χ4n) is 6.05. The lowest BCUT2D eigenvalue weighted by atomic mass is 9.70. The second-order valence-electron chi connectivity index (χ2n) is 9.83. The molecule has 0 aromatic heterocycles. The van der Waals surface area contributed by atoms with Gasteiger partial charge in [-0.3, -0.25) is 14.4 Å². The van der Waals surface area contributed by atoms with Crippen LogP contribution in [0.25, 0.3) is 0 Å². The topological polar surface area (TPSA) is 98.7 Å². The molecule has 1 spiro atoms. The van der Waals surface area contributed by atoms with Crippen LogP contribution >= 0.6 is 11.8 Å². The molecule has 0 radical (unpaired) electrons. The summed E-state index contributed by atoms with van der Waals surface area (Å²) in [4.78, 5) is 42.7. The van der Waals surface area contributed by atoms with Crippen LogP contribution in [0.4, 0.5) is 11.4 Å². The van der Waals surface area contributed by atoms with E-state index >= 15 is 0 Å². The third-order valence-corrected chi connectivity index (χ3v) is 9.55. The van der Waals surface area contributed by atoms with E-state index in [2.05, 4.69) is 10.6 Å². The molecule has 3 heterocycles. The molecule has 3 aliphatic rings.